The summed E-state index contributed by atoms with van der Waals surface area (Å²) in [6.07, 6.45) is 3.43. The monoisotopic (exact) mass is 691 g/mol. The average molecular weight is 692 g/mol. The molecule has 0 fully saturated rings. The lowest BCUT2D eigenvalue weighted by atomic mass is 9.76. The molecule has 0 radical (unpaired) electrons. The third kappa shape index (κ3) is 10.3. The normalized spacial score (nSPS) is 18.0. The van der Waals surface area contributed by atoms with Crippen molar-refractivity contribution < 1.29 is 33.4 Å². The predicted octanol–water partition coefficient (Wildman–Crippen LogP) is 3.26. The largest absolute Gasteiger partial charge is 0.493 e. The van der Waals surface area contributed by atoms with E-state index in [1.807, 2.05) is 6.07 Å². The van der Waals surface area contributed by atoms with E-state index in [2.05, 4.69) is 29.5 Å². The molecule has 270 valence electrons. The highest BCUT2D eigenvalue weighted by molar-refractivity contribution is 5.81. The van der Waals surface area contributed by atoms with Crippen molar-refractivity contribution in [2.45, 2.75) is 65.8 Å². The van der Waals surface area contributed by atoms with Crippen LogP contribution < -0.4 is 25.7 Å². The third-order valence-corrected chi connectivity index (χ3v) is 8.85. The number of fused-ring (bicyclic) bond motifs is 17. The standard InChI is InChI=1S/C37H49N5O8/c1-5-49-36(47)37(16-14-26(2)3)22-27-12-13-30(31(21-27)48-4)50-23-33(44)38-17-20-41(18-8-11-32(43)39-24-37)34(45)15-19-42-25-40-29-10-7-6-9-28(29)35(42)46/h6-7,9-10,12-13,21,25-26H,5,8,11,14-20,22-24H2,1-4H3,(H,38,44)(H,39,43). The first-order chi connectivity index (χ1) is 24.0. The first kappa shape index (κ1) is 37.9. The molecule has 1 unspecified atom stereocenters. The number of methoxy groups -OCH3 is 1. The van der Waals surface area contributed by atoms with Crippen LogP contribution >= 0.6 is 0 Å². The van der Waals surface area contributed by atoms with Crippen LogP contribution in [0.2, 0.25) is 0 Å². The maximum atomic E-state index is 13.6. The fraction of sp³-hybridized carbons (Fsp3) is 0.514. The van der Waals surface area contributed by atoms with E-state index in [-0.39, 0.29) is 94.5 Å². The van der Waals surface area contributed by atoms with Gasteiger partial charge in [-0.25, -0.2) is 4.98 Å². The van der Waals surface area contributed by atoms with Gasteiger partial charge >= 0.3 is 5.97 Å². The molecule has 2 bridgehead atoms. The van der Waals surface area contributed by atoms with Gasteiger partial charge in [-0.05, 0) is 68.4 Å². The van der Waals surface area contributed by atoms with Crippen molar-refractivity contribution in [2.24, 2.45) is 11.3 Å². The highest BCUT2D eigenvalue weighted by Gasteiger charge is 2.40. The Hall–Kier alpha value is -4.94. The van der Waals surface area contributed by atoms with Crippen molar-refractivity contribution in [3.05, 3.63) is 64.7 Å². The van der Waals surface area contributed by atoms with Crippen molar-refractivity contribution >= 4 is 34.6 Å². The maximum Gasteiger partial charge on any atom is 0.314 e. The molecule has 5 rings (SSSR count). The topological polar surface area (TPSA) is 158 Å². The van der Waals surface area contributed by atoms with Crippen LogP contribution in [0.3, 0.4) is 0 Å². The van der Waals surface area contributed by atoms with E-state index in [0.29, 0.717) is 41.2 Å². The van der Waals surface area contributed by atoms with E-state index in [4.69, 9.17) is 14.2 Å². The molecule has 13 nitrogen and oxygen atoms in total. The van der Waals surface area contributed by atoms with Crippen LogP contribution in [0.15, 0.2) is 53.6 Å². The third-order valence-electron chi connectivity index (χ3n) is 8.85. The van der Waals surface area contributed by atoms with Crippen LogP contribution in [0.1, 0.15) is 58.4 Å². The second-order valence-corrected chi connectivity index (χ2v) is 13.0. The lowest BCUT2D eigenvalue weighted by Gasteiger charge is -2.33. The molecule has 2 aliphatic heterocycles. The summed E-state index contributed by atoms with van der Waals surface area (Å²) in [5, 5.41) is 6.24. The number of aryl methyl sites for hydroxylation is 1. The van der Waals surface area contributed by atoms with E-state index in [0.717, 1.165) is 12.0 Å². The molecule has 3 amide bonds. The fourth-order valence-corrected chi connectivity index (χ4v) is 5.98. The van der Waals surface area contributed by atoms with Crippen molar-refractivity contribution in [3.63, 3.8) is 0 Å². The first-order valence-corrected chi connectivity index (χ1v) is 17.3. The van der Waals surface area contributed by atoms with Gasteiger partial charge in [0.25, 0.3) is 11.5 Å². The summed E-state index contributed by atoms with van der Waals surface area (Å²) in [4.78, 5) is 71.9. The molecule has 3 aromatic rings. The van der Waals surface area contributed by atoms with Gasteiger partial charge < -0.3 is 29.7 Å². The molecule has 1 aromatic heterocycles. The van der Waals surface area contributed by atoms with Crippen LogP contribution in [-0.4, -0.2) is 84.6 Å². The van der Waals surface area contributed by atoms with Crippen LogP contribution in [0, 0.1) is 11.3 Å². The Balaban J connectivity index is 1.54. The van der Waals surface area contributed by atoms with E-state index >= 15 is 0 Å². The summed E-state index contributed by atoms with van der Waals surface area (Å²) in [6, 6.07) is 12.3. The molecular weight excluding hydrogens is 642 g/mol. The van der Waals surface area contributed by atoms with E-state index in [9.17, 15) is 24.0 Å². The average Bonchev–Trinajstić information content (AvgIpc) is 3.11. The Morgan fingerprint density at radius 1 is 1.06 bits per heavy atom. The van der Waals surface area contributed by atoms with Gasteiger partial charge in [0.1, 0.15) is 0 Å². The minimum Gasteiger partial charge on any atom is -0.493 e. The quantitative estimate of drug-likeness (QED) is 0.254. The second kappa shape index (κ2) is 18.2. The second-order valence-electron chi connectivity index (χ2n) is 13.0. The highest BCUT2D eigenvalue weighted by Crippen LogP contribution is 2.35. The van der Waals surface area contributed by atoms with E-state index in [1.165, 1.54) is 18.0 Å². The molecule has 2 aliphatic rings. The summed E-state index contributed by atoms with van der Waals surface area (Å²) in [6.45, 7) is 6.64. The van der Waals surface area contributed by atoms with Gasteiger partial charge in [0, 0.05) is 45.6 Å². The van der Waals surface area contributed by atoms with E-state index in [1.54, 1.807) is 48.2 Å². The SMILES string of the molecule is CCOC(=O)C1(CCC(C)C)CNC(=O)CCCN(C(=O)CCn2cnc3ccccc3c2=O)CCNC(=O)COc2ccc(cc2OC)C1. The van der Waals surface area contributed by atoms with Gasteiger partial charge in [-0.1, -0.05) is 32.0 Å². The minimum atomic E-state index is -1.04. The molecule has 0 spiro atoms. The molecule has 2 aromatic carbocycles. The number of benzene rings is 2. The zero-order chi connectivity index (χ0) is 36.1. The Morgan fingerprint density at radius 3 is 2.62 bits per heavy atom. The first-order valence-electron chi connectivity index (χ1n) is 17.3. The van der Waals surface area contributed by atoms with Crippen molar-refractivity contribution in [3.8, 4) is 11.5 Å². The lowest BCUT2D eigenvalue weighted by Crippen LogP contribution is -2.46. The number of carbonyl (C=O) groups is 4. The summed E-state index contributed by atoms with van der Waals surface area (Å²) < 4.78 is 18.3. The zero-order valence-corrected chi connectivity index (χ0v) is 29.5. The molecule has 0 saturated heterocycles. The maximum absolute atomic E-state index is 13.6. The van der Waals surface area contributed by atoms with Crippen molar-refractivity contribution in [1.29, 1.82) is 0 Å². The predicted molar refractivity (Wildman–Crippen MR) is 188 cm³/mol. The number of hydrogen-bond donors (Lipinski definition) is 2. The lowest BCUT2D eigenvalue weighted by molar-refractivity contribution is -0.156. The van der Waals surface area contributed by atoms with Gasteiger partial charge in [-0.3, -0.25) is 28.5 Å². The van der Waals surface area contributed by atoms with Crippen LogP contribution in [0.5, 0.6) is 11.5 Å². The van der Waals surface area contributed by atoms with E-state index < -0.39 is 5.41 Å². The Bertz CT molecular complexity index is 1710. The van der Waals surface area contributed by atoms with Gasteiger partial charge in [0.2, 0.25) is 11.8 Å². The van der Waals surface area contributed by atoms with Crippen LogP contribution in [-0.2, 0) is 36.9 Å². The number of ether oxygens (including phenoxy) is 3. The van der Waals surface area contributed by atoms with Crippen molar-refractivity contribution in [2.75, 3.05) is 46.5 Å². The summed E-state index contributed by atoms with van der Waals surface area (Å²) in [5.41, 5.74) is 0.0973. The molecule has 13 heteroatoms. The molecule has 2 N–H and O–H groups in total. The summed E-state index contributed by atoms with van der Waals surface area (Å²) in [5.74, 6) is -0.193. The number of rotatable bonds is 9. The number of esters is 1. The number of nitrogens with zero attached hydrogens (tertiary/aromatic N) is 3. The number of carbonyl (C=O) groups excluding carboxylic acids is 4. The van der Waals surface area contributed by atoms with Gasteiger partial charge in [0.15, 0.2) is 18.1 Å². The van der Waals surface area contributed by atoms with Crippen molar-refractivity contribution in [1.82, 2.24) is 25.1 Å². The van der Waals surface area contributed by atoms with Crippen LogP contribution in [0.4, 0.5) is 0 Å². The minimum absolute atomic E-state index is 0.0245. The highest BCUT2D eigenvalue weighted by atomic mass is 16.5. The zero-order valence-electron chi connectivity index (χ0n) is 29.5. The fourth-order valence-electron chi connectivity index (χ4n) is 5.98. The Labute approximate surface area is 292 Å². The molecule has 1 atom stereocenters. The summed E-state index contributed by atoms with van der Waals surface area (Å²) in [7, 11) is 1.50. The number of nitrogens with one attached hydrogen (secondary N) is 2. The Kier molecular flexibility index (Phi) is 13.8. The number of hydrogen-bond acceptors (Lipinski definition) is 9. The number of para-hydroxylation sites is 1. The molecule has 3 heterocycles. The van der Waals surface area contributed by atoms with Gasteiger partial charge in [-0.15, -0.1) is 0 Å². The van der Waals surface area contributed by atoms with Gasteiger partial charge in [0.05, 0.1) is 36.4 Å². The number of amides is 3. The van der Waals surface area contributed by atoms with Crippen LogP contribution in [0.25, 0.3) is 10.9 Å². The number of aromatic nitrogens is 2. The van der Waals surface area contributed by atoms with Gasteiger partial charge in [-0.2, -0.15) is 0 Å². The molecular formula is C37H49N5O8. The Morgan fingerprint density at radius 2 is 1.86 bits per heavy atom. The molecule has 0 aliphatic carbocycles. The summed E-state index contributed by atoms with van der Waals surface area (Å²) >= 11 is 0. The molecule has 50 heavy (non-hydrogen) atoms. The molecule has 0 saturated carbocycles. The smallest absolute Gasteiger partial charge is 0.314 e.